The SMILES string of the molecule is CN(C)CC1CCC(Nc2cc(Nc3ccnc(-c4cnn(S(=O)(=O)C5CC5)c4)n3)ncc2-c2ccc(C(C)(C)O)nn2)CC1. The zero-order valence-corrected chi connectivity index (χ0v) is 26.9. The topological polar surface area (TPSA) is 164 Å². The molecule has 0 spiro atoms. The Kier molecular flexibility index (Phi) is 8.55. The molecule has 45 heavy (non-hydrogen) atoms. The maximum atomic E-state index is 12.6. The van der Waals surface area contributed by atoms with Gasteiger partial charge in [0.05, 0.1) is 34.6 Å². The average molecular weight is 633 g/mol. The van der Waals surface area contributed by atoms with E-state index in [0.717, 1.165) is 47.6 Å². The quantitative estimate of drug-likeness (QED) is 0.218. The van der Waals surface area contributed by atoms with E-state index in [1.807, 2.05) is 12.1 Å². The molecule has 6 rings (SSSR count). The Balaban J connectivity index is 1.24. The third-order valence-corrected chi connectivity index (χ3v) is 10.3. The predicted octanol–water partition coefficient (Wildman–Crippen LogP) is 4.04. The molecule has 0 bridgehead atoms. The van der Waals surface area contributed by atoms with Crippen molar-refractivity contribution in [2.45, 2.75) is 69.3 Å². The molecule has 0 saturated heterocycles. The molecule has 4 aromatic heterocycles. The van der Waals surface area contributed by atoms with Crippen molar-refractivity contribution in [2.24, 2.45) is 5.92 Å². The summed E-state index contributed by atoms with van der Waals surface area (Å²) in [5.74, 6) is 2.12. The summed E-state index contributed by atoms with van der Waals surface area (Å²) >= 11 is 0. The third kappa shape index (κ3) is 7.29. The molecule has 4 aromatic rings. The van der Waals surface area contributed by atoms with E-state index in [0.29, 0.717) is 59.2 Å². The van der Waals surface area contributed by atoms with Crippen LogP contribution in [0.5, 0.6) is 0 Å². The summed E-state index contributed by atoms with van der Waals surface area (Å²) in [7, 11) is 0.768. The lowest BCUT2D eigenvalue weighted by Crippen LogP contribution is -2.31. The van der Waals surface area contributed by atoms with Crippen molar-refractivity contribution in [3.63, 3.8) is 0 Å². The first-order valence-electron chi connectivity index (χ1n) is 15.3. The number of hydrogen-bond donors (Lipinski definition) is 3. The molecule has 14 heteroatoms. The van der Waals surface area contributed by atoms with E-state index in [1.165, 1.54) is 12.4 Å². The van der Waals surface area contributed by atoms with Gasteiger partial charge in [-0.3, -0.25) is 0 Å². The van der Waals surface area contributed by atoms with Gasteiger partial charge in [-0.1, -0.05) is 0 Å². The summed E-state index contributed by atoms with van der Waals surface area (Å²) in [6, 6.07) is 7.60. The Morgan fingerprint density at radius 3 is 2.44 bits per heavy atom. The maximum absolute atomic E-state index is 12.6. The van der Waals surface area contributed by atoms with Crippen LogP contribution < -0.4 is 10.6 Å². The van der Waals surface area contributed by atoms with Gasteiger partial charge in [-0.15, -0.1) is 0 Å². The van der Waals surface area contributed by atoms with E-state index in [1.54, 1.807) is 38.4 Å². The molecular weight excluding hydrogens is 592 g/mol. The molecule has 2 aliphatic rings. The normalized spacial score (nSPS) is 19.1. The van der Waals surface area contributed by atoms with E-state index in [2.05, 4.69) is 59.9 Å². The maximum Gasteiger partial charge on any atom is 0.256 e. The van der Waals surface area contributed by atoms with Crippen molar-refractivity contribution in [3.8, 4) is 22.6 Å². The van der Waals surface area contributed by atoms with Crippen LogP contribution in [0.4, 0.5) is 17.3 Å². The van der Waals surface area contributed by atoms with Crippen LogP contribution in [0.25, 0.3) is 22.6 Å². The number of aliphatic hydroxyl groups is 1. The number of anilines is 3. The minimum Gasteiger partial charge on any atom is -0.384 e. The number of nitrogens with zero attached hydrogens (tertiary/aromatic N) is 8. The largest absolute Gasteiger partial charge is 0.384 e. The van der Waals surface area contributed by atoms with Crippen molar-refractivity contribution in [3.05, 3.63) is 54.7 Å². The molecule has 0 radical (unpaired) electrons. The van der Waals surface area contributed by atoms with Gasteiger partial charge in [0, 0.05) is 42.3 Å². The van der Waals surface area contributed by atoms with E-state index in [9.17, 15) is 13.5 Å². The number of aromatic nitrogens is 7. The summed E-state index contributed by atoms with van der Waals surface area (Å²) in [5.41, 5.74) is 2.22. The van der Waals surface area contributed by atoms with E-state index < -0.39 is 15.6 Å². The number of hydrogen-bond acceptors (Lipinski definition) is 12. The molecule has 2 fully saturated rings. The fraction of sp³-hybridized carbons (Fsp3) is 0.484. The molecule has 0 amide bonds. The van der Waals surface area contributed by atoms with Gasteiger partial charge in [0.25, 0.3) is 10.0 Å². The predicted molar refractivity (Wildman–Crippen MR) is 172 cm³/mol. The van der Waals surface area contributed by atoms with Crippen LogP contribution in [0.1, 0.15) is 58.1 Å². The Labute approximate surface area is 263 Å². The molecule has 13 nitrogen and oxygen atoms in total. The first-order valence-corrected chi connectivity index (χ1v) is 16.8. The van der Waals surface area contributed by atoms with Gasteiger partial charge in [0.2, 0.25) is 0 Å². The smallest absolute Gasteiger partial charge is 0.256 e. The molecule has 2 aliphatic carbocycles. The highest BCUT2D eigenvalue weighted by Crippen LogP contribution is 2.34. The van der Waals surface area contributed by atoms with Crippen molar-refractivity contribution >= 4 is 27.3 Å². The lowest BCUT2D eigenvalue weighted by Gasteiger charge is -2.31. The minimum absolute atomic E-state index is 0.301. The second-order valence-electron chi connectivity index (χ2n) is 12.8. The summed E-state index contributed by atoms with van der Waals surface area (Å²) in [5, 5.41) is 29.8. The molecular formula is C31H40N10O3S. The monoisotopic (exact) mass is 632 g/mol. The standard InChI is InChI=1S/C31H40N10O3S/c1-31(2,42)27-12-11-25(38-39-27)24-17-33-29(15-26(24)35-22-7-5-20(6-8-22)18-40(3)4)36-28-13-14-32-30(37-28)21-16-34-41(19-21)45(43,44)23-9-10-23/h11-17,19-20,22-23,42H,5-10,18H2,1-4H3,(H2,32,33,35,36,37). The van der Waals surface area contributed by atoms with Gasteiger partial charge < -0.3 is 20.6 Å². The van der Waals surface area contributed by atoms with Gasteiger partial charge in [-0.2, -0.15) is 19.4 Å². The van der Waals surface area contributed by atoms with Crippen molar-refractivity contribution in [1.82, 2.24) is 39.2 Å². The Morgan fingerprint density at radius 2 is 1.78 bits per heavy atom. The van der Waals surface area contributed by atoms with Crippen LogP contribution in [0, 0.1) is 5.92 Å². The van der Waals surface area contributed by atoms with Crippen LogP contribution in [0.3, 0.4) is 0 Å². The van der Waals surface area contributed by atoms with E-state index in [-0.39, 0.29) is 5.25 Å². The summed E-state index contributed by atoms with van der Waals surface area (Å²) in [6.07, 6.45) is 12.0. The van der Waals surface area contributed by atoms with Crippen molar-refractivity contribution < 1.29 is 13.5 Å². The van der Waals surface area contributed by atoms with Crippen LogP contribution >= 0.6 is 0 Å². The second kappa shape index (κ2) is 12.4. The zero-order chi connectivity index (χ0) is 31.8. The molecule has 0 unspecified atom stereocenters. The zero-order valence-electron chi connectivity index (χ0n) is 26.1. The highest BCUT2D eigenvalue weighted by atomic mass is 32.2. The molecule has 0 aliphatic heterocycles. The highest BCUT2D eigenvalue weighted by molar-refractivity contribution is 7.90. The molecule has 0 atom stereocenters. The summed E-state index contributed by atoms with van der Waals surface area (Å²) in [6.45, 7) is 4.46. The van der Waals surface area contributed by atoms with Crippen LogP contribution in [0.2, 0.25) is 0 Å². The molecule has 0 aromatic carbocycles. The Morgan fingerprint density at radius 1 is 1.00 bits per heavy atom. The van der Waals surface area contributed by atoms with Crippen molar-refractivity contribution in [2.75, 3.05) is 31.3 Å². The van der Waals surface area contributed by atoms with Crippen molar-refractivity contribution in [1.29, 1.82) is 0 Å². The lowest BCUT2D eigenvalue weighted by molar-refractivity contribution is 0.0729. The first-order chi connectivity index (χ1) is 21.5. The van der Waals surface area contributed by atoms with E-state index in [4.69, 9.17) is 0 Å². The van der Waals surface area contributed by atoms with Gasteiger partial charge in [-0.25, -0.2) is 23.4 Å². The van der Waals surface area contributed by atoms with Crippen LogP contribution in [-0.2, 0) is 15.6 Å². The Bertz CT molecular complexity index is 1740. The van der Waals surface area contributed by atoms with Crippen LogP contribution in [0.15, 0.2) is 49.1 Å². The van der Waals surface area contributed by atoms with Gasteiger partial charge in [-0.05, 0) is 90.6 Å². The van der Waals surface area contributed by atoms with Crippen LogP contribution in [-0.4, -0.2) is 84.7 Å². The number of rotatable bonds is 11. The Hall–Kier alpha value is -4.01. The fourth-order valence-corrected chi connectivity index (χ4v) is 7.13. The second-order valence-corrected chi connectivity index (χ2v) is 14.9. The van der Waals surface area contributed by atoms with E-state index >= 15 is 0 Å². The van der Waals surface area contributed by atoms with Gasteiger partial charge in [0.1, 0.15) is 17.2 Å². The minimum atomic E-state index is -3.48. The summed E-state index contributed by atoms with van der Waals surface area (Å²) < 4.78 is 26.2. The third-order valence-electron chi connectivity index (χ3n) is 8.24. The first kappa shape index (κ1) is 31.0. The number of nitrogens with one attached hydrogen (secondary N) is 2. The fourth-order valence-electron chi connectivity index (χ4n) is 5.65. The lowest BCUT2D eigenvalue weighted by atomic mass is 9.85. The molecule has 238 valence electrons. The molecule has 4 heterocycles. The molecule has 2 saturated carbocycles. The summed E-state index contributed by atoms with van der Waals surface area (Å²) in [4.78, 5) is 15.9. The van der Waals surface area contributed by atoms with Gasteiger partial charge >= 0.3 is 0 Å². The molecule has 3 N–H and O–H groups in total. The highest BCUT2D eigenvalue weighted by Gasteiger charge is 2.37. The van der Waals surface area contributed by atoms with Gasteiger partial charge in [0.15, 0.2) is 5.82 Å². The average Bonchev–Trinajstić information content (AvgIpc) is 3.75. The number of pyridine rings is 1.